The Morgan fingerprint density at radius 3 is 2.69 bits per heavy atom. The van der Waals surface area contributed by atoms with Crippen LogP contribution in [0.2, 0.25) is 0 Å². The predicted molar refractivity (Wildman–Crippen MR) is 101 cm³/mol. The largest absolute Gasteiger partial charge is 0.361 e. The van der Waals surface area contributed by atoms with E-state index in [9.17, 15) is 13.6 Å². The van der Waals surface area contributed by atoms with Gasteiger partial charge in [-0.15, -0.1) is 0 Å². The van der Waals surface area contributed by atoms with Crippen LogP contribution >= 0.6 is 0 Å². The number of hydrogen-bond acceptors (Lipinski definition) is 6. The number of amides is 1. The van der Waals surface area contributed by atoms with Gasteiger partial charge in [0.1, 0.15) is 17.4 Å². The second-order valence-electron chi connectivity index (χ2n) is 6.61. The lowest BCUT2D eigenvalue weighted by atomic mass is 10.2. The van der Waals surface area contributed by atoms with E-state index in [-0.39, 0.29) is 17.4 Å². The number of pyridine rings is 1. The summed E-state index contributed by atoms with van der Waals surface area (Å²) in [6.07, 6.45) is 4.69. The number of aryl methyl sites for hydroxylation is 1. The summed E-state index contributed by atoms with van der Waals surface area (Å²) in [5.74, 6) is -3.10. The van der Waals surface area contributed by atoms with Crippen LogP contribution in [-0.4, -0.2) is 30.6 Å². The van der Waals surface area contributed by atoms with Gasteiger partial charge >= 0.3 is 5.92 Å². The van der Waals surface area contributed by atoms with E-state index in [2.05, 4.69) is 25.4 Å². The Labute approximate surface area is 163 Å². The van der Waals surface area contributed by atoms with E-state index >= 15 is 0 Å². The zero-order valence-electron chi connectivity index (χ0n) is 15.8. The molecule has 4 heterocycles. The first-order valence-electron chi connectivity index (χ1n) is 8.66. The van der Waals surface area contributed by atoms with Gasteiger partial charge in [-0.1, -0.05) is 5.16 Å². The molecule has 4 aromatic rings. The summed E-state index contributed by atoms with van der Waals surface area (Å²) in [4.78, 5) is 23.6. The molecule has 10 heteroatoms. The standard InChI is InChI=1S/C19H16F2N6O2/c1-10-13(9-23-29-10)14-6-17(26-18(25-14)19(3,20)21)27-5-4-12-8-22-16(7-15(12)27)24-11(2)28/h4-9H,1-3H3,(H,22,24,28). The Kier molecular flexibility index (Phi) is 4.33. The zero-order valence-corrected chi connectivity index (χ0v) is 15.8. The normalized spacial score (nSPS) is 11.8. The lowest BCUT2D eigenvalue weighted by molar-refractivity contribution is -0.114. The van der Waals surface area contributed by atoms with Gasteiger partial charge in [-0.2, -0.15) is 8.78 Å². The summed E-state index contributed by atoms with van der Waals surface area (Å²) in [5.41, 5.74) is 1.40. The number of nitrogens with one attached hydrogen (secondary N) is 1. The van der Waals surface area contributed by atoms with Gasteiger partial charge < -0.3 is 14.4 Å². The number of fused-ring (bicyclic) bond motifs is 1. The van der Waals surface area contributed by atoms with Gasteiger partial charge in [-0.25, -0.2) is 15.0 Å². The van der Waals surface area contributed by atoms with Crippen LogP contribution < -0.4 is 5.32 Å². The Morgan fingerprint density at radius 1 is 1.24 bits per heavy atom. The summed E-state index contributed by atoms with van der Waals surface area (Å²) in [7, 11) is 0. The second kappa shape index (κ2) is 6.73. The minimum absolute atomic E-state index is 0.238. The third-order valence-electron chi connectivity index (χ3n) is 4.26. The fourth-order valence-electron chi connectivity index (χ4n) is 2.91. The van der Waals surface area contributed by atoms with Crippen LogP contribution in [0.1, 0.15) is 25.4 Å². The highest BCUT2D eigenvalue weighted by molar-refractivity contribution is 5.91. The Balaban J connectivity index is 1.92. The molecular weight excluding hydrogens is 382 g/mol. The van der Waals surface area contributed by atoms with Crippen molar-refractivity contribution < 1.29 is 18.1 Å². The first-order chi connectivity index (χ1) is 13.7. The lowest BCUT2D eigenvalue weighted by Crippen LogP contribution is -2.15. The molecule has 0 aromatic carbocycles. The molecule has 1 N–H and O–H groups in total. The van der Waals surface area contributed by atoms with Gasteiger partial charge in [-0.3, -0.25) is 4.79 Å². The molecule has 0 aliphatic carbocycles. The van der Waals surface area contributed by atoms with E-state index < -0.39 is 11.7 Å². The Bertz CT molecular complexity index is 1230. The Hall–Kier alpha value is -3.69. The molecule has 0 radical (unpaired) electrons. The molecule has 4 rings (SSSR count). The first kappa shape index (κ1) is 18.7. The van der Waals surface area contributed by atoms with Crippen molar-refractivity contribution in [3.8, 4) is 17.1 Å². The number of rotatable bonds is 4. The van der Waals surface area contributed by atoms with Crippen molar-refractivity contribution in [2.75, 3.05) is 5.32 Å². The second-order valence-corrected chi connectivity index (χ2v) is 6.61. The minimum atomic E-state index is -3.25. The number of alkyl halides is 2. The highest BCUT2D eigenvalue weighted by Crippen LogP contribution is 2.30. The number of halogens is 2. The molecule has 1 amide bonds. The molecular formula is C19H16F2N6O2. The van der Waals surface area contributed by atoms with Crippen molar-refractivity contribution in [2.24, 2.45) is 0 Å². The summed E-state index contributed by atoms with van der Waals surface area (Å²) in [5, 5.41) is 7.05. The summed E-state index contributed by atoms with van der Waals surface area (Å²) in [6, 6.07) is 5.00. The molecule has 0 atom stereocenters. The molecule has 0 saturated carbocycles. The zero-order chi connectivity index (χ0) is 20.8. The number of hydrogen-bond donors (Lipinski definition) is 1. The third kappa shape index (κ3) is 3.56. The number of carbonyl (C=O) groups is 1. The monoisotopic (exact) mass is 398 g/mol. The molecule has 29 heavy (non-hydrogen) atoms. The Morgan fingerprint density at radius 2 is 2.03 bits per heavy atom. The molecule has 0 fully saturated rings. The highest BCUT2D eigenvalue weighted by Gasteiger charge is 2.30. The molecule has 0 aliphatic rings. The van der Waals surface area contributed by atoms with Crippen LogP contribution in [-0.2, 0) is 10.7 Å². The maximum Gasteiger partial charge on any atom is 0.303 e. The molecule has 8 nitrogen and oxygen atoms in total. The smallest absolute Gasteiger partial charge is 0.303 e. The SMILES string of the molecule is CC(=O)Nc1cc2c(ccn2-c2cc(-c3cnoc3C)nc(C(C)(F)F)n2)cn1. The number of carbonyl (C=O) groups excluding carboxylic acids is 1. The van der Waals surface area contributed by atoms with Gasteiger partial charge in [0.05, 0.1) is 23.0 Å². The van der Waals surface area contributed by atoms with E-state index in [1.807, 2.05) is 0 Å². The van der Waals surface area contributed by atoms with Gasteiger partial charge in [0.15, 0.2) is 0 Å². The topological polar surface area (TPSA) is 98.7 Å². The van der Waals surface area contributed by atoms with Crippen LogP contribution in [0.3, 0.4) is 0 Å². The van der Waals surface area contributed by atoms with E-state index in [0.29, 0.717) is 22.7 Å². The fraction of sp³-hybridized carbons (Fsp3) is 0.211. The van der Waals surface area contributed by atoms with E-state index in [0.717, 1.165) is 12.3 Å². The molecule has 148 valence electrons. The molecule has 0 aliphatic heterocycles. The molecule has 0 unspecified atom stereocenters. The fourth-order valence-corrected chi connectivity index (χ4v) is 2.91. The van der Waals surface area contributed by atoms with Gasteiger partial charge in [0.2, 0.25) is 11.7 Å². The van der Waals surface area contributed by atoms with Crippen molar-refractivity contribution in [3.63, 3.8) is 0 Å². The lowest BCUT2D eigenvalue weighted by Gasteiger charge is -2.13. The molecule has 0 spiro atoms. The number of aromatic nitrogens is 5. The van der Waals surface area contributed by atoms with Crippen molar-refractivity contribution in [1.29, 1.82) is 0 Å². The predicted octanol–water partition coefficient (Wildman–Crippen LogP) is 3.85. The molecule has 0 bridgehead atoms. The van der Waals surface area contributed by atoms with E-state index in [4.69, 9.17) is 4.52 Å². The van der Waals surface area contributed by atoms with Crippen LogP contribution in [0.15, 0.2) is 41.3 Å². The van der Waals surface area contributed by atoms with Crippen LogP contribution in [0.4, 0.5) is 14.6 Å². The molecule has 0 saturated heterocycles. The van der Waals surface area contributed by atoms with Crippen molar-refractivity contribution in [3.05, 3.63) is 48.4 Å². The van der Waals surface area contributed by atoms with E-state index in [1.165, 1.54) is 13.1 Å². The van der Waals surface area contributed by atoms with Crippen LogP contribution in [0.5, 0.6) is 0 Å². The number of nitrogens with zero attached hydrogens (tertiary/aromatic N) is 5. The van der Waals surface area contributed by atoms with Gasteiger partial charge in [-0.05, 0) is 13.0 Å². The van der Waals surface area contributed by atoms with Crippen molar-refractivity contribution in [2.45, 2.75) is 26.7 Å². The van der Waals surface area contributed by atoms with Crippen molar-refractivity contribution in [1.82, 2.24) is 24.7 Å². The average Bonchev–Trinajstić information content (AvgIpc) is 3.26. The summed E-state index contributed by atoms with van der Waals surface area (Å²) >= 11 is 0. The third-order valence-corrected chi connectivity index (χ3v) is 4.26. The van der Waals surface area contributed by atoms with Gasteiger partial charge in [0.25, 0.3) is 0 Å². The summed E-state index contributed by atoms with van der Waals surface area (Å²) in [6.45, 7) is 3.78. The van der Waals surface area contributed by atoms with E-state index in [1.54, 1.807) is 42.1 Å². The van der Waals surface area contributed by atoms with Gasteiger partial charge in [0, 0.05) is 43.8 Å². The minimum Gasteiger partial charge on any atom is -0.361 e. The average molecular weight is 398 g/mol. The summed E-state index contributed by atoms with van der Waals surface area (Å²) < 4.78 is 34.9. The molecule has 4 aromatic heterocycles. The maximum atomic E-state index is 14.1. The van der Waals surface area contributed by atoms with Crippen LogP contribution in [0.25, 0.3) is 28.0 Å². The highest BCUT2D eigenvalue weighted by atomic mass is 19.3. The van der Waals surface area contributed by atoms with Crippen molar-refractivity contribution >= 4 is 22.6 Å². The maximum absolute atomic E-state index is 14.1. The first-order valence-corrected chi connectivity index (χ1v) is 8.66. The van der Waals surface area contributed by atoms with Crippen LogP contribution in [0, 0.1) is 6.92 Å². The number of anilines is 1. The quantitative estimate of drug-likeness (QED) is 0.561.